The molecule has 0 unspecified atom stereocenters. The van der Waals surface area contributed by atoms with E-state index in [-0.39, 0.29) is 5.56 Å². The van der Waals surface area contributed by atoms with Gasteiger partial charge in [-0.15, -0.1) is 0 Å². The van der Waals surface area contributed by atoms with Gasteiger partial charge in [-0.05, 0) is 29.7 Å². The molecule has 0 atom stereocenters. The number of benzene rings is 2. The van der Waals surface area contributed by atoms with Crippen LogP contribution in [-0.2, 0) is 0 Å². The molecular formula is C14H11NO4. The predicted molar refractivity (Wildman–Crippen MR) is 70.2 cm³/mol. The quantitative estimate of drug-likeness (QED) is 0.675. The Hall–Kier alpha value is -2.69. The topological polar surface area (TPSA) is 80.4 Å². The Morgan fingerprint density at radius 2 is 1.89 bits per heavy atom. The summed E-state index contributed by atoms with van der Waals surface area (Å²) in [4.78, 5) is 21.2. The summed E-state index contributed by atoms with van der Waals surface area (Å²) in [5.41, 5.74) is 1.76. The summed E-state index contributed by atoms with van der Waals surface area (Å²) in [6.07, 6.45) is 0. The number of aromatic carboxylic acids is 1. The van der Waals surface area contributed by atoms with Crippen molar-refractivity contribution in [2.45, 2.75) is 6.92 Å². The summed E-state index contributed by atoms with van der Waals surface area (Å²) in [7, 11) is 0. The summed E-state index contributed by atoms with van der Waals surface area (Å²) >= 11 is 0. The molecule has 0 bridgehead atoms. The van der Waals surface area contributed by atoms with E-state index in [0.29, 0.717) is 5.56 Å². The van der Waals surface area contributed by atoms with Gasteiger partial charge < -0.3 is 5.11 Å². The van der Waals surface area contributed by atoms with Gasteiger partial charge in [0.05, 0.1) is 4.92 Å². The van der Waals surface area contributed by atoms with Crippen molar-refractivity contribution in [1.82, 2.24) is 0 Å². The third-order valence-electron chi connectivity index (χ3n) is 2.88. The zero-order chi connectivity index (χ0) is 14.0. The van der Waals surface area contributed by atoms with Crippen LogP contribution in [0.4, 0.5) is 5.69 Å². The van der Waals surface area contributed by atoms with Gasteiger partial charge in [-0.3, -0.25) is 10.1 Å². The fourth-order valence-corrected chi connectivity index (χ4v) is 1.93. The number of nitrogens with zero attached hydrogens (tertiary/aromatic N) is 1. The summed E-state index contributed by atoms with van der Waals surface area (Å²) in [5, 5.41) is 19.9. The first-order chi connectivity index (χ1) is 9.00. The molecule has 96 valence electrons. The van der Waals surface area contributed by atoms with Gasteiger partial charge in [-0.1, -0.05) is 30.3 Å². The molecular weight excluding hydrogens is 246 g/mol. The van der Waals surface area contributed by atoms with Gasteiger partial charge in [0.1, 0.15) is 5.56 Å². The lowest BCUT2D eigenvalue weighted by atomic mass is 9.98. The molecule has 0 spiro atoms. The van der Waals surface area contributed by atoms with Crippen molar-refractivity contribution in [2.75, 3.05) is 0 Å². The molecule has 2 aromatic rings. The van der Waals surface area contributed by atoms with Crippen LogP contribution < -0.4 is 0 Å². The van der Waals surface area contributed by atoms with E-state index in [2.05, 4.69) is 0 Å². The minimum absolute atomic E-state index is 0.303. The highest BCUT2D eigenvalue weighted by Gasteiger charge is 2.20. The number of nitro benzene ring substituents is 1. The van der Waals surface area contributed by atoms with Crippen LogP contribution in [0.1, 0.15) is 15.9 Å². The van der Waals surface area contributed by atoms with Crippen LogP contribution in [0.5, 0.6) is 0 Å². The van der Waals surface area contributed by atoms with E-state index in [1.54, 1.807) is 6.07 Å². The lowest BCUT2D eigenvalue weighted by molar-refractivity contribution is -0.385. The zero-order valence-corrected chi connectivity index (χ0v) is 10.2. The molecule has 2 rings (SSSR count). The van der Waals surface area contributed by atoms with E-state index in [4.69, 9.17) is 5.11 Å². The van der Waals surface area contributed by atoms with E-state index in [1.807, 2.05) is 31.2 Å². The third kappa shape index (κ3) is 2.44. The van der Waals surface area contributed by atoms with E-state index in [9.17, 15) is 14.9 Å². The molecule has 0 aliphatic heterocycles. The number of hydrogen-bond acceptors (Lipinski definition) is 3. The largest absolute Gasteiger partial charge is 0.477 e. The molecule has 0 aliphatic rings. The molecule has 0 saturated carbocycles. The van der Waals surface area contributed by atoms with Gasteiger partial charge in [0.2, 0.25) is 0 Å². The predicted octanol–water partition coefficient (Wildman–Crippen LogP) is 3.27. The van der Waals surface area contributed by atoms with Gasteiger partial charge in [0, 0.05) is 6.07 Å². The standard InChI is InChI=1S/C14H11NO4/c1-9-4-2-3-5-11(9)10-6-7-12(14(16)17)13(8-10)15(18)19/h2-8H,1H3,(H,16,17). The van der Waals surface area contributed by atoms with Crippen molar-refractivity contribution in [2.24, 2.45) is 0 Å². The normalized spacial score (nSPS) is 10.2. The van der Waals surface area contributed by atoms with Crippen molar-refractivity contribution in [3.8, 4) is 11.1 Å². The lowest BCUT2D eigenvalue weighted by Crippen LogP contribution is -2.02. The molecule has 5 heteroatoms. The maximum absolute atomic E-state index is 10.9. The fourth-order valence-electron chi connectivity index (χ4n) is 1.93. The SMILES string of the molecule is Cc1ccccc1-c1ccc(C(=O)O)c([N+](=O)[O-])c1. The zero-order valence-electron chi connectivity index (χ0n) is 10.2. The summed E-state index contributed by atoms with van der Waals surface area (Å²) < 4.78 is 0. The number of nitro groups is 1. The van der Waals surface area contributed by atoms with E-state index < -0.39 is 16.6 Å². The third-order valence-corrected chi connectivity index (χ3v) is 2.88. The monoisotopic (exact) mass is 257 g/mol. The smallest absolute Gasteiger partial charge is 0.342 e. The number of aryl methyl sites for hydroxylation is 1. The Morgan fingerprint density at radius 3 is 2.47 bits per heavy atom. The van der Waals surface area contributed by atoms with Crippen LogP contribution in [0, 0.1) is 17.0 Å². The van der Waals surface area contributed by atoms with Gasteiger partial charge in [-0.25, -0.2) is 4.79 Å². The second-order valence-corrected chi connectivity index (χ2v) is 4.11. The van der Waals surface area contributed by atoms with Crippen molar-refractivity contribution in [3.05, 3.63) is 63.7 Å². The summed E-state index contributed by atoms with van der Waals surface area (Å²) in [6.45, 7) is 1.90. The van der Waals surface area contributed by atoms with Gasteiger partial charge in [0.15, 0.2) is 0 Å². The Kier molecular flexibility index (Phi) is 3.29. The van der Waals surface area contributed by atoms with Crippen molar-refractivity contribution >= 4 is 11.7 Å². The highest BCUT2D eigenvalue weighted by Crippen LogP contribution is 2.29. The second-order valence-electron chi connectivity index (χ2n) is 4.11. The van der Waals surface area contributed by atoms with E-state index in [1.165, 1.54) is 12.1 Å². The fraction of sp³-hybridized carbons (Fsp3) is 0.0714. The van der Waals surface area contributed by atoms with E-state index in [0.717, 1.165) is 11.1 Å². The maximum atomic E-state index is 10.9. The molecule has 5 nitrogen and oxygen atoms in total. The van der Waals surface area contributed by atoms with Gasteiger partial charge in [0.25, 0.3) is 5.69 Å². The number of hydrogen-bond donors (Lipinski definition) is 1. The number of rotatable bonds is 3. The first-order valence-electron chi connectivity index (χ1n) is 5.58. The highest BCUT2D eigenvalue weighted by molar-refractivity contribution is 5.93. The molecule has 0 amide bonds. The molecule has 0 aromatic heterocycles. The molecule has 0 fully saturated rings. The van der Waals surface area contributed by atoms with Crippen molar-refractivity contribution in [3.63, 3.8) is 0 Å². The van der Waals surface area contributed by atoms with Crippen LogP contribution in [0.3, 0.4) is 0 Å². The molecule has 0 radical (unpaired) electrons. The second kappa shape index (κ2) is 4.89. The van der Waals surface area contributed by atoms with E-state index >= 15 is 0 Å². The Bertz CT molecular complexity index is 664. The first-order valence-corrected chi connectivity index (χ1v) is 5.58. The van der Waals surface area contributed by atoms with Crippen LogP contribution in [-0.4, -0.2) is 16.0 Å². The minimum atomic E-state index is -1.30. The van der Waals surface area contributed by atoms with Crippen LogP contribution in [0.2, 0.25) is 0 Å². The van der Waals surface area contributed by atoms with Crippen LogP contribution in [0.25, 0.3) is 11.1 Å². The number of carbonyl (C=O) groups is 1. The Labute approximate surface area is 109 Å². The molecule has 1 N–H and O–H groups in total. The highest BCUT2D eigenvalue weighted by atomic mass is 16.6. The molecule has 19 heavy (non-hydrogen) atoms. The minimum Gasteiger partial charge on any atom is -0.477 e. The molecule has 0 heterocycles. The average molecular weight is 257 g/mol. The number of carboxylic acid groups (broad SMARTS) is 1. The van der Waals surface area contributed by atoms with Crippen molar-refractivity contribution in [1.29, 1.82) is 0 Å². The van der Waals surface area contributed by atoms with Crippen LogP contribution >= 0.6 is 0 Å². The Balaban J connectivity index is 2.62. The average Bonchev–Trinajstić information content (AvgIpc) is 2.38. The number of carboxylic acids is 1. The summed E-state index contributed by atoms with van der Waals surface area (Å²) in [5.74, 6) is -1.30. The molecule has 0 aliphatic carbocycles. The van der Waals surface area contributed by atoms with Crippen molar-refractivity contribution < 1.29 is 14.8 Å². The van der Waals surface area contributed by atoms with Gasteiger partial charge >= 0.3 is 5.97 Å². The summed E-state index contributed by atoms with van der Waals surface area (Å²) in [6, 6.07) is 11.6. The first kappa shape index (κ1) is 12.8. The maximum Gasteiger partial charge on any atom is 0.342 e. The van der Waals surface area contributed by atoms with Crippen LogP contribution in [0.15, 0.2) is 42.5 Å². The molecule has 0 saturated heterocycles. The van der Waals surface area contributed by atoms with Gasteiger partial charge in [-0.2, -0.15) is 0 Å². The Morgan fingerprint density at radius 1 is 1.21 bits per heavy atom. The lowest BCUT2D eigenvalue weighted by Gasteiger charge is -2.06. The molecule has 2 aromatic carbocycles.